The third-order valence-electron chi connectivity index (χ3n) is 7.03. The normalized spacial score (nSPS) is 26.4. The van der Waals surface area contributed by atoms with Crippen molar-refractivity contribution in [1.82, 2.24) is 5.32 Å². The van der Waals surface area contributed by atoms with Crippen LogP contribution in [0.15, 0.2) is 0 Å². The topological polar surface area (TPSA) is 181 Å². The van der Waals surface area contributed by atoms with Crippen LogP contribution in [-0.4, -0.2) is 128 Å². The summed E-state index contributed by atoms with van der Waals surface area (Å²) in [6.45, 7) is 12.9. The Morgan fingerprint density at radius 1 is 1.18 bits per heavy atom. The summed E-state index contributed by atoms with van der Waals surface area (Å²) in [5.41, 5.74) is 0. The van der Waals surface area contributed by atoms with Crippen molar-refractivity contribution in [3.05, 3.63) is 0 Å². The molecule has 0 spiro atoms. The SMILES string of the molecule is CC(=O)NC1C(C[C@H](O)CO)O[C@@](O)(C(=O)OC(C)OC(=O)CC(C[N+](C)(C)C)O[Si](C)(C)C(C)(C)C)C[C@H]1O. The number of rotatable bonds is 13. The van der Waals surface area contributed by atoms with Crippen molar-refractivity contribution in [2.45, 2.75) is 115 Å². The van der Waals surface area contributed by atoms with Gasteiger partial charge >= 0.3 is 11.9 Å². The number of carbonyl (C=O) groups excluding carboxylic acids is 3. The van der Waals surface area contributed by atoms with Crippen molar-refractivity contribution >= 4 is 26.2 Å². The van der Waals surface area contributed by atoms with E-state index in [1.54, 1.807) is 0 Å². The minimum atomic E-state index is -2.66. The number of carbonyl (C=O) groups is 3. The number of nitrogens with zero attached hydrogens (tertiary/aromatic N) is 1. The maximum Gasteiger partial charge on any atom is 0.369 e. The fraction of sp³-hybridized carbons (Fsp3) is 0.885. The molecule has 0 saturated carbocycles. The highest BCUT2D eigenvalue weighted by molar-refractivity contribution is 6.74. The van der Waals surface area contributed by atoms with Crippen LogP contribution < -0.4 is 5.32 Å². The molecule has 1 amide bonds. The van der Waals surface area contributed by atoms with E-state index in [-0.39, 0.29) is 17.9 Å². The molecule has 1 aliphatic heterocycles. The van der Waals surface area contributed by atoms with E-state index in [1.165, 1.54) is 13.8 Å². The summed E-state index contributed by atoms with van der Waals surface area (Å²) in [7, 11) is 3.75. The molecule has 0 aromatic rings. The van der Waals surface area contributed by atoms with Gasteiger partial charge in [0.05, 0.1) is 58.5 Å². The van der Waals surface area contributed by atoms with Gasteiger partial charge in [-0.1, -0.05) is 20.8 Å². The maximum atomic E-state index is 12.9. The monoisotopic (exact) mass is 595 g/mol. The summed E-state index contributed by atoms with van der Waals surface area (Å²) in [4.78, 5) is 37.3. The first-order chi connectivity index (χ1) is 18.0. The second-order valence-corrected chi connectivity index (χ2v) is 17.9. The molecule has 0 bridgehead atoms. The standard InChI is InChI=1S/C26H50N2O11Si/c1-16(30)27-23-20(32)13-26(35,38-21(23)11-18(31)15-29)24(34)37-17(2)36-22(33)12-19(14-28(6,7)8)39-40(9,10)25(3,4)5/h17-21,23,29,31-32,35H,11-15H2,1-10H3/p+1/t17?,18-,19?,20+,21?,23?,26+/m0/s1. The van der Waals surface area contributed by atoms with Crippen molar-refractivity contribution in [3.63, 3.8) is 0 Å². The van der Waals surface area contributed by atoms with Gasteiger partial charge in [-0.25, -0.2) is 4.79 Å². The van der Waals surface area contributed by atoms with E-state index in [9.17, 15) is 34.8 Å². The Hall–Kier alpha value is -1.65. The molecule has 13 nitrogen and oxygen atoms in total. The van der Waals surface area contributed by atoms with Crippen molar-refractivity contribution in [3.8, 4) is 0 Å². The Balaban J connectivity index is 2.93. The Labute approximate surface area is 238 Å². The molecule has 0 aromatic carbocycles. The van der Waals surface area contributed by atoms with Crippen molar-refractivity contribution < 1.29 is 57.9 Å². The molecular weight excluding hydrogens is 544 g/mol. The van der Waals surface area contributed by atoms with Gasteiger partial charge in [-0.3, -0.25) is 9.59 Å². The van der Waals surface area contributed by atoms with Crippen LogP contribution in [0.3, 0.4) is 0 Å². The van der Waals surface area contributed by atoms with Crippen molar-refractivity contribution in [2.24, 2.45) is 0 Å². The van der Waals surface area contributed by atoms with Crippen LogP contribution in [0.5, 0.6) is 0 Å². The molecule has 40 heavy (non-hydrogen) atoms. The third kappa shape index (κ3) is 11.3. The van der Waals surface area contributed by atoms with Gasteiger partial charge in [0.25, 0.3) is 5.79 Å². The lowest BCUT2D eigenvalue weighted by Gasteiger charge is -2.43. The van der Waals surface area contributed by atoms with E-state index in [1.807, 2.05) is 21.1 Å². The third-order valence-corrected chi connectivity index (χ3v) is 11.6. The zero-order valence-electron chi connectivity index (χ0n) is 25.6. The highest BCUT2D eigenvalue weighted by Crippen LogP contribution is 2.38. The highest BCUT2D eigenvalue weighted by atomic mass is 28.4. The molecule has 1 fully saturated rings. The predicted octanol–water partition coefficient (Wildman–Crippen LogP) is -0.00810. The zero-order chi connectivity index (χ0) is 31.3. The average Bonchev–Trinajstić information content (AvgIpc) is 2.73. The molecule has 1 saturated heterocycles. The summed E-state index contributed by atoms with van der Waals surface area (Å²) >= 11 is 0. The van der Waals surface area contributed by atoms with Crippen LogP contribution >= 0.6 is 0 Å². The lowest BCUT2D eigenvalue weighted by Crippen LogP contribution is -2.64. The van der Waals surface area contributed by atoms with Crippen LogP contribution in [0.1, 0.15) is 53.9 Å². The summed E-state index contributed by atoms with van der Waals surface area (Å²) in [5, 5.41) is 42.9. The van der Waals surface area contributed by atoms with Gasteiger partial charge in [0.15, 0.2) is 8.32 Å². The fourth-order valence-corrected chi connectivity index (χ4v) is 5.50. The molecule has 1 rings (SSSR count). The maximum absolute atomic E-state index is 12.9. The van der Waals surface area contributed by atoms with Crippen LogP contribution in [0.4, 0.5) is 0 Å². The van der Waals surface area contributed by atoms with Gasteiger partial charge < -0.3 is 48.9 Å². The lowest BCUT2D eigenvalue weighted by atomic mass is 9.90. The number of aliphatic hydroxyl groups is 4. The van der Waals surface area contributed by atoms with Gasteiger partial charge in [0.2, 0.25) is 12.2 Å². The minimum Gasteiger partial charge on any atom is -0.425 e. The van der Waals surface area contributed by atoms with Crippen molar-refractivity contribution in [1.29, 1.82) is 0 Å². The molecule has 5 N–H and O–H groups in total. The van der Waals surface area contributed by atoms with E-state index in [0.717, 1.165) is 0 Å². The van der Waals surface area contributed by atoms with E-state index >= 15 is 0 Å². The number of amides is 1. The average molecular weight is 596 g/mol. The molecule has 7 atom stereocenters. The Bertz CT molecular complexity index is 874. The lowest BCUT2D eigenvalue weighted by molar-refractivity contribution is -0.873. The summed E-state index contributed by atoms with van der Waals surface area (Å²) in [5.74, 6) is -5.15. The Morgan fingerprint density at radius 2 is 1.75 bits per heavy atom. The van der Waals surface area contributed by atoms with Crippen LogP contribution in [0, 0.1) is 0 Å². The van der Waals surface area contributed by atoms with Crippen LogP contribution in [-0.2, 0) is 33.0 Å². The van der Waals surface area contributed by atoms with E-state index < -0.39 is 81.7 Å². The number of nitrogens with one attached hydrogen (secondary N) is 1. The molecule has 0 aromatic heterocycles. The molecule has 234 valence electrons. The number of esters is 2. The van der Waals surface area contributed by atoms with E-state index in [2.05, 4.69) is 39.2 Å². The van der Waals surface area contributed by atoms with Gasteiger partial charge in [-0.2, -0.15) is 0 Å². The summed E-state index contributed by atoms with van der Waals surface area (Å²) < 4.78 is 23.0. The first-order valence-electron chi connectivity index (χ1n) is 13.5. The second-order valence-electron chi connectivity index (χ2n) is 13.2. The number of likely N-dealkylation sites (N-methyl/N-ethyl adjacent to an activating group) is 1. The number of ether oxygens (including phenoxy) is 3. The van der Waals surface area contributed by atoms with Crippen LogP contribution in [0.2, 0.25) is 18.1 Å². The number of quaternary nitrogens is 1. The van der Waals surface area contributed by atoms with Gasteiger partial charge in [0.1, 0.15) is 12.6 Å². The highest BCUT2D eigenvalue weighted by Gasteiger charge is 2.52. The number of aliphatic hydroxyl groups excluding tert-OH is 3. The molecule has 1 aliphatic rings. The molecular formula is C26H51N2O11Si+. The zero-order valence-corrected chi connectivity index (χ0v) is 26.6. The quantitative estimate of drug-likeness (QED) is 0.0836. The van der Waals surface area contributed by atoms with Crippen molar-refractivity contribution in [2.75, 3.05) is 34.3 Å². The molecule has 4 unspecified atom stereocenters. The van der Waals surface area contributed by atoms with E-state index in [4.69, 9.17) is 18.6 Å². The molecule has 0 aliphatic carbocycles. The van der Waals surface area contributed by atoms with Gasteiger partial charge in [-0.05, 0) is 18.1 Å². The predicted molar refractivity (Wildman–Crippen MR) is 147 cm³/mol. The first kappa shape index (κ1) is 36.4. The fourth-order valence-electron chi connectivity index (χ4n) is 4.16. The van der Waals surface area contributed by atoms with E-state index in [0.29, 0.717) is 11.0 Å². The number of hydrogen-bond donors (Lipinski definition) is 5. The molecule has 1 heterocycles. The smallest absolute Gasteiger partial charge is 0.369 e. The molecule has 0 radical (unpaired) electrons. The molecule has 14 heteroatoms. The second kappa shape index (κ2) is 14.0. The van der Waals surface area contributed by atoms with Gasteiger partial charge in [-0.15, -0.1) is 0 Å². The van der Waals surface area contributed by atoms with Crippen LogP contribution in [0.25, 0.3) is 0 Å². The largest absolute Gasteiger partial charge is 0.425 e. The minimum absolute atomic E-state index is 0.0765. The Kier molecular flexibility index (Phi) is 12.7. The summed E-state index contributed by atoms with van der Waals surface area (Å²) in [6, 6.07) is -1.07. The first-order valence-corrected chi connectivity index (χ1v) is 16.4. The number of hydrogen-bond acceptors (Lipinski definition) is 11. The summed E-state index contributed by atoms with van der Waals surface area (Å²) in [6.07, 6.45) is -6.89. The Morgan fingerprint density at radius 3 is 2.23 bits per heavy atom. The van der Waals surface area contributed by atoms with Gasteiger partial charge in [0, 0.05) is 26.7 Å².